The maximum Gasteiger partial charge on any atom is 0.226 e. The standard InChI is InChI=1S/C17H16N2O/c1-12-18(2)16-14-10-6-7-11-15(14)20-17(16)19(12)13-8-4-3-5-9-13/h3-12H,1-2H3. The van der Waals surface area contributed by atoms with Crippen molar-refractivity contribution < 1.29 is 4.42 Å². The molecule has 0 saturated heterocycles. The second kappa shape index (κ2) is 4.04. The molecule has 2 aromatic carbocycles. The highest BCUT2D eigenvalue weighted by molar-refractivity contribution is 6.01. The minimum atomic E-state index is 0.246. The summed E-state index contributed by atoms with van der Waals surface area (Å²) in [6.07, 6.45) is 0.246. The average Bonchev–Trinajstić information content (AvgIpc) is 2.96. The van der Waals surface area contributed by atoms with Crippen LogP contribution in [0.25, 0.3) is 11.0 Å². The van der Waals surface area contributed by atoms with Crippen molar-refractivity contribution in [3.63, 3.8) is 0 Å². The number of fused-ring (bicyclic) bond motifs is 3. The summed E-state index contributed by atoms with van der Waals surface area (Å²) >= 11 is 0. The summed E-state index contributed by atoms with van der Waals surface area (Å²) in [6.45, 7) is 2.19. The molecule has 0 fully saturated rings. The Labute approximate surface area is 118 Å². The van der Waals surface area contributed by atoms with Crippen molar-refractivity contribution in [3.05, 3.63) is 54.6 Å². The lowest BCUT2D eigenvalue weighted by Gasteiger charge is -2.27. The average molecular weight is 264 g/mol. The molecule has 0 radical (unpaired) electrons. The highest BCUT2D eigenvalue weighted by Crippen LogP contribution is 2.49. The molecule has 1 aromatic heterocycles. The summed E-state index contributed by atoms with van der Waals surface area (Å²) in [6, 6.07) is 18.6. The molecule has 1 aliphatic heterocycles. The molecule has 3 aromatic rings. The van der Waals surface area contributed by atoms with Crippen LogP contribution in [-0.2, 0) is 0 Å². The van der Waals surface area contributed by atoms with Gasteiger partial charge in [0, 0.05) is 18.1 Å². The van der Waals surface area contributed by atoms with E-state index in [2.05, 4.69) is 60.2 Å². The van der Waals surface area contributed by atoms with E-state index in [9.17, 15) is 0 Å². The number of nitrogens with zero attached hydrogens (tertiary/aromatic N) is 2. The fourth-order valence-corrected chi connectivity index (χ4v) is 2.97. The zero-order valence-corrected chi connectivity index (χ0v) is 11.6. The Morgan fingerprint density at radius 2 is 1.65 bits per heavy atom. The third kappa shape index (κ3) is 1.40. The van der Waals surface area contributed by atoms with Crippen LogP contribution in [0.4, 0.5) is 17.3 Å². The Hall–Kier alpha value is -2.42. The monoisotopic (exact) mass is 264 g/mol. The van der Waals surface area contributed by atoms with Crippen molar-refractivity contribution in [3.8, 4) is 0 Å². The van der Waals surface area contributed by atoms with Gasteiger partial charge in [0.15, 0.2) is 0 Å². The molecule has 0 bridgehead atoms. The molecule has 20 heavy (non-hydrogen) atoms. The van der Waals surface area contributed by atoms with Crippen LogP contribution in [0.3, 0.4) is 0 Å². The maximum atomic E-state index is 6.10. The van der Waals surface area contributed by atoms with Crippen LogP contribution in [-0.4, -0.2) is 13.2 Å². The smallest absolute Gasteiger partial charge is 0.226 e. The number of rotatable bonds is 1. The minimum absolute atomic E-state index is 0.246. The van der Waals surface area contributed by atoms with E-state index in [1.54, 1.807) is 0 Å². The first kappa shape index (κ1) is 11.4. The summed E-state index contributed by atoms with van der Waals surface area (Å²) in [5, 5.41) is 1.18. The van der Waals surface area contributed by atoms with Gasteiger partial charge < -0.3 is 9.32 Å². The first-order valence-electron chi connectivity index (χ1n) is 6.86. The highest BCUT2D eigenvalue weighted by atomic mass is 16.4. The molecule has 1 aliphatic rings. The van der Waals surface area contributed by atoms with Gasteiger partial charge in [0.25, 0.3) is 0 Å². The van der Waals surface area contributed by atoms with Gasteiger partial charge in [-0.15, -0.1) is 0 Å². The van der Waals surface area contributed by atoms with Crippen LogP contribution in [0.1, 0.15) is 6.92 Å². The van der Waals surface area contributed by atoms with Gasteiger partial charge in [0.1, 0.15) is 17.4 Å². The zero-order valence-electron chi connectivity index (χ0n) is 11.6. The van der Waals surface area contributed by atoms with Crippen LogP contribution in [0.2, 0.25) is 0 Å². The van der Waals surface area contributed by atoms with Crippen molar-refractivity contribution in [1.29, 1.82) is 0 Å². The largest absolute Gasteiger partial charge is 0.438 e. The first-order valence-corrected chi connectivity index (χ1v) is 6.86. The first-order chi connectivity index (χ1) is 9.77. The van der Waals surface area contributed by atoms with E-state index in [1.807, 2.05) is 18.2 Å². The van der Waals surface area contributed by atoms with Crippen LogP contribution in [0.5, 0.6) is 0 Å². The summed E-state index contributed by atoms with van der Waals surface area (Å²) in [5.74, 6) is 0.937. The minimum Gasteiger partial charge on any atom is -0.438 e. The Morgan fingerprint density at radius 3 is 2.45 bits per heavy atom. The van der Waals surface area contributed by atoms with Crippen LogP contribution in [0.15, 0.2) is 59.0 Å². The van der Waals surface area contributed by atoms with Crippen molar-refractivity contribution in [2.75, 3.05) is 16.8 Å². The van der Waals surface area contributed by atoms with Gasteiger partial charge in [-0.2, -0.15) is 0 Å². The van der Waals surface area contributed by atoms with E-state index in [4.69, 9.17) is 4.42 Å². The van der Waals surface area contributed by atoms with Crippen molar-refractivity contribution >= 4 is 28.2 Å². The third-order valence-electron chi connectivity index (χ3n) is 4.09. The quantitative estimate of drug-likeness (QED) is 0.651. The van der Waals surface area contributed by atoms with Gasteiger partial charge in [0.2, 0.25) is 5.88 Å². The molecule has 3 heteroatoms. The summed E-state index contributed by atoms with van der Waals surface area (Å²) in [4.78, 5) is 4.52. The van der Waals surface area contributed by atoms with Gasteiger partial charge in [-0.25, -0.2) is 0 Å². The lowest BCUT2D eigenvalue weighted by atomic mass is 10.2. The molecule has 0 aliphatic carbocycles. The second-order valence-electron chi connectivity index (χ2n) is 5.20. The number of hydrogen-bond acceptors (Lipinski definition) is 3. The maximum absolute atomic E-state index is 6.10. The van der Waals surface area contributed by atoms with Gasteiger partial charge in [-0.3, -0.25) is 4.90 Å². The van der Waals surface area contributed by atoms with Crippen molar-refractivity contribution in [2.45, 2.75) is 13.1 Å². The van der Waals surface area contributed by atoms with E-state index in [0.29, 0.717) is 0 Å². The topological polar surface area (TPSA) is 19.6 Å². The molecule has 0 spiro atoms. The summed E-state index contributed by atoms with van der Waals surface area (Å²) in [5.41, 5.74) is 3.28. The van der Waals surface area contributed by atoms with Crippen LogP contribution >= 0.6 is 0 Å². The highest BCUT2D eigenvalue weighted by Gasteiger charge is 2.36. The van der Waals surface area contributed by atoms with Crippen LogP contribution < -0.4 is 9.80 Å². The number of furan rings is 1. The predicted molar refractivity (Wildman–Crippen MR) is 82.7 cm³/mol. The van der Waals surface area contributed by atoms with Gasteiger partial charge in [0.05, 0.1) is 0 Å². The third-order valence-corrected chi connectivity index (χ3v) is 4.09. The Bertz CT molecular complexity index is 763. The van der Waals surface area contributed by atoms with E-state index >= 15 is 0 Å². The van der Waals surface area contributed by atoms with E-state index in [1.165, 1.54) is 11.1 Å². The van der Waals surface area contributed by atoms with Gasteiger partial charge in [-0.05, 0) is 31.2 Å². The SMILES string of the molecule is CC1N(C)c2c(oc3ccccc23)N1c1ccccc1. The lowest BCUT2D eigenvalue weighted by Crippen LogP contribution is -2.35. The number of para-hydroxylation sites is 2. The molecular formula is C17H16N2O. The van der Waals surface area contributed by atoms with E-state index in [0.717, 1.165) is 17.2 Å². The Balaban J connectivity index is 1.96. The number of hydrogen-bond donors (Lipinski definition) is 0. The van der Waals surface area contributed by atoms with Crippen molar-refractivity contribution in [1.82, 2.24) is 0 Å². The molecule has 4 rings (SSSR count). The molecule has 0 amide bonds. The predicted octanol–water partition coefficient (Wildman–Crippen LogP) is 4.37. The van der Waals surface area contributed by atoms with E-state index < -0.39 is 0 Å². The summed E-state index contributed by atoms with van der Waals surface area (Å²) < 4.78 is 6.10. The second-order valence-corrected chi connectivity index (χ2v) is 5.20. The molecule has 2 heterocycles. The number of anilines is 3. The molecule has 0 saturated carbocycles. The Morgan fingerprint density at radius 1 is 0.950 bits per heavy atom. The lowest BCUT2D eigenvalue weighted by molar-refractivity contribution is 0.598. The molecule has 1 atom stereocenters. The van der Waals surface area contributed by atoms with Gasteiger partial charge >= 0.3 is 0 Å². The van der Waals surface area contributed by atoms with E-state index in [-0.39, 0.29) is 6.17 Å². The molecular weight excluding hydrogens is 248 g/mol. The molecule has 3 nitrogen and oxygen atoms in total. The fourth-order valence-electron chi connectivity index (χ4n) is 2.97. The molecule has 100 valence electrons. The van der Waals surface area contributed by atoms with Gasteiger partial charge in [-0.1, -0.05) is 30.3 Å². The zero-order chi connectivity index (χ0) is 13.7. The fraction of sp³-hybridized carbons (Fsp3) is 0.176. The van der Waals surface area contributed by atoms with Crippen LogP contribution in [0, 0.1) is 0 Å². The molecule has 0 N–H and O–H groups in total. The van der Waals surface area contributed by atoms with Crippen molar-refractivity contribution in [2.24, 2.45) is 0 Å². The Kier molecular flexibility index (Phi) is 2.30. The number of benzene rings is 2. The summed E-state index contributed by atoms with van der Waals surface area (Å²) in [7, 11) is 2.12. The normalized spacial score (nSPS) is 17.8. The molecule has 1 unspecified atom stereocenters.